The molecule has 2 aliphatic rings. The number of amides is 1. The lowest BCUT2D eigenvalue weighted by molar-refractivity contribution is -0.130. The molecule has 1 aromatic carbocycles. The Bertz CT molecular complexity index is 1260. The molecule has 0 aliphatic carbocycles. The lowest BCUT2D eigenvalue weighted by atomic mass is 9.83. The smallest absolute Gasteiger partial charge is 0.261 e. The molecule has 0 aromatic heterocycles. The summed E-state index contributed by atoms with van der Waals surface area (Å²) in [5.74, 6) is -0.749. The summed E-state index contributed by atoms with van der Waals surface area (Å²) < 4.78 is 41.5. The third-order valence-corrected chi connectivity index (χ3v) is 9.90. The Hall–Kier alpha value is -2.16. The first kappa shape index (κ1) is 27.4. The van der Waals surface area contributed by atoms with Gasteiger partial charge in [0.15, 0.2) is 0 Å². The number of amidine groups is 1. The molecule has 1 amide bonds. The Balaban J connectivity index is 2.11. The number of nitrogens with zero attached hydrogens (tertiary/aromatic N) is 2. The molecule has 0 radical (unpaired) electrons. The van der Waals surface area contributed by atoms with E-state index in [-0.39, 0.29) is 40.4 Å². The number of nitrogens with one attached hydrogen (secondary N) is 1. The number of hydrogen-bond acceptors (Lipinski definition) is 6. The van der Waals surface area contributed by atoms with E-state index >= 15 is 0 Å². The number of rotatable bonds is 7. The highest BCUT2D eigenvalue weighted by molar-refractivity contribution is 7.88. The van der Waals surface area contributed by atoms with E-state index in [4.69, 9.17) is 5.14 Å². The van der Waals surface area contributed by atoms with E-state index in [1.54, 1.807) is 24.0 Å². The van der Waals surface area contributed by atoms with E-state index < -0.39 is 28.8 Å². The van der Waals surface area contributed by atoms with Crippen LogP contribution in [0.15, 0.2) is 34.3 Å². The van der Waals surface area contributed by atoms with E-state index in [0.717, 1.165) is 6.42 Å². The minimum absolute atomic E-state index is 0.0322. The van der Waals surface area contributed by atoms with Crippen LogP contribution in [0.1, 0.15) is 60.5 Å². The van der Waals surface area contributed by atoms with E-state index in [2.05, 4.69) is 30.9 Å². The second kappa shape index (κ2) is 9.05. The van der Waals surface area contributed by atoms with Crippen LogP contribution in [0, 0.1) is 10.8 Å². The largest absolute Gasteiger partial charge is 0.509 e. The molecule has 35 heavy (non-hydrogen) atoms. The Morgan fingerprint density at radius 3 is 2.34 bits per heavy atom. The maximum absolute atomic E-state index is 13.9. The predicted molar refractivity (Wildman–Crippen MR) is 141 cm³/mol. The van der Waals surface area contributed by atoms with Crippen LogP contribution >= 0.6 is 7.29 Å². The molecule has 4 N–H and O–H groups in total. The van der Waals surface area contributed by atoms with Crippen LogP contribution in [0.25, 0.3) is 0 Å². The number of hydrogen-bond donors (Lipinski definition) is 3. The van der Waals surface area contributed by atoms with Crippen LogP contribution in [0.4, 0.5) is 5.69 Å². The van der Waals surface area contributed by atoms with Crippen molar-refractivity contribution in [2.45, 2.75) is 66.7 Å². The summed E-state index contributed by atoms with van der Waals surface area (Å²) in [4.78, 5) is 15.4. The molecule has 1 aromatic rings. The van der Waals surface area contributed by atoms with Crippen molar-refractivity contribution in [3.63, 3.8) is 0 Å². The van der Waals surface area contributed by atoms with Crippen LogP contribution < -0.4 is 15.8 Å². The van der Waals surface area contributed by atoms with Crippen LogP contribution in [-0.4, -0.2) is 48.9 Å². The summed E-state index contributed by atoms with van der Waals surface area (Å²) in [6.07, 6.45) is 1.02. The van der Waals surface area contributed by atoms with Gasteiger partial charge in [-0.25, -0.2) is 18.3 Å². The molecule has 2 unspecified atom stereocenters. The summed E-state index contributed by atoms with van der Waals surface area (Å²) in [7, 11) is -7.16. The molecule has 0 spiro atoms. The standard InChI is InChI=1S/C24H37N4O5PS/c1-8-24(6,7)14-28-20(23(3,4)5)19(29)18(22(28)30)21-26-16-11-10-15(13-35(25,32)33)12-17(16)34(31,9-2)27-21/h10-12,20,29H,8-9,13-14H2,1-7H3,(H2,25,32,33)(H,26,27,31). The SMILES string of the molecule is CCC(C)(C)CN1C(=O)C(C2=NP(=O)(CC)c3cc(CS(N)(=O)=O)ccc3N2)=C(O)C1C(C)(C)C. The average molecular weight is 525 g/mol. The van der Waals surface area contributed by atoms with Gasteiger partial charge in [-0.05, 0) is 34.9 Å². The third kappa shape index (κ3) is 5.49. The fourth-order valence-electron chi connectivity index (χ4n) is 4.51. The summed E-state index contributed by atoms with van der Waals surface area (Å²) in [5, 5.41) is 20.0. The number of carbonyl (C=O) groups excluding carboxylic acids is 1. The summed E-state index contributed by atoms with van der Waals surface area (Å²) >= 11 is 0. The quantitative estimate of drug-likeness (QED) is 0.464. The molecular formula is C24H37N4O5PS. The molecule has 9 nitrogen and oxygen atoms in total. The van der Waals surface area contributed by atoms with Gasteiger partial charge in [-0.2, -0.15) is 0 Å². The van der Waals surface area contributed by atoms with Gasteiger partial charge in [0.25, 0.3) is 5.91 Å². The number of anilines is 1. The summed E-state index contributed by atoms with van der Waals surface area (Å²) in [6.45, 7) is 14.3. The Kier molecular flexibility index (Phi) is 7.09. The van der Waals surface area contributed by atoms with Gasteiger partial charge in [-0.1, -0.05) is 54.5 Å². The van der Waals surface area contributed by atoms with Crippen molar-refractivity contribution in [1.82, 2.24) is 4.90 Å². The Labute approximate surface area is 208 Å². The maximum atomic E-state index is 13.9. The zero-order valence-electron chi connectivity index (χ0n) is 21.5. The topological polar surface area (TPSA) is 142 Å². The third-order valence-electron chi connectivity index (χ3n) is 6.66. The molecule has 0 fully saturated rings. The van der Waals surface area contributed by atoms with Crippen molar-refractivity contribution >= 4 is 40.1 Å². The fraction of sp³-hybridized carbons (Fsp3) is 0.583. The number of benzene rings is 1. The number of aliphatic hydroxyl groups excluding tert-OH is 1. The minimum atomic E-state index is -3.77. The lowest BCUT2D eigenvalue weighted by Crippen LogP contribution is -2.48. The van der Waals surface area contributed by atoms with Gasteiger partial charge in [-0.3, -0.25) is 9.36 Å². The Morgan fingerprint density at radius 2 is 1.83 bits per heavy atom. The second-order valence-corrected chi connectivity index (χ2v) is 15.6. The van der Waals surface area contributed by atoms with E-state index in [1.165, 1.54) is 6.07 Å². The van der Waals surface area contributed by atoms with Gasteiger partial charge in [-0.15, -0.1) is 0 Å². The second-order valence-electron chi connectivity index (χ2n) is 11.2. The van der Waals surface area contributed by atoms with Crippen molar-refractivity contribution in [2.75, 3.05) is 18.0 Å². The molecule has 2 heterocycles. The first-order valence-electron chi connectivity index (χ1n) is 11.8. The monoisotopic (exact) mass is 524 g/mol. The zero-order valence-corrected chi connectivity index (χ0v) is 23.3. The van der Waals surface area contributed by atoms with Crippen LogP contribution in [-0.2, 0) is 25.1 Å². The average Bonchev–Trinajstić information content (AvgIpc) is 2.96. The van der Waals surface area contributed by atoms with Gasteiger partial charge in [0.1, 0.15) is 17.2 Å². The summed E-state index contributed by atoms with van der Waals surface area (Å²) in [6, 6.07) is 4.18. The normalized spacial score (nSPS) is 23.3. The lowest BCUT2D eigenvalue weighted by Gasteiger charge is -2.39. The minimum Gasteiger partial charge on any atom is -0.509 e. The molecule has 0 bridgehead atoms. The molecule has 0 saturated heterocycles. The molecular weight excluding hydrogens is 487 g/mol. The highest BCUT2D eigenvalue weighted by Gasteiger charge is 2.49. The molecule has 3 rings (SSSR count). The number of fused-ring (bicyclic) bond motifs is 1. The van der Waals surface area contributed by atoms with Crippen molar-refractivity contribution in [2.24, 2.45) is 20.7 Å². The number of aliphatic hydroxyl groups is 1. The highest BCUT2D eigenvalue weighted by atomic mass is 32.2. The first-order valence-corrected chi connectivity index (χ1v) is 15.3. The van der Waals surface area contributed by atoms with Crippen LogP contribution in [0.3, 0.4) is 0 Å². The van der Waals surface area contributed by atoms with Gasteiger partial charge < -0.3 is 15.3 Å². The van der Waals surface area contributed by atoms with E-state index in [1.807, 2.05) is 20.8 Å². The molecule has 194 valence electrons. The number of carbonyl (C=O) groups is 1. The fourth-order valence-corrected chi connectivity index (χ4v) is 7.09. The number of primary sulfonamides is 1. The van der Waals surface area contributed by atoms with Crippen molar-refractivity contribution < 1.29 is 22.9 Å². The number of nitrogens with two attached hydrogens (primary N) is 1. The molecule has 11 heteroatoms. The van der Waals surface area contributed by atoms with Gasteiger partial charge in [0.2, 0.25) is 17.3 Å². The maximum Gasteiger partial charge on any atom is 0.261 e. The van der Waals surface area contributed by atoms with E-state index in [9.17, 15) is 22.9 Å². The van der Waals surface area contributed by atoms with E-state index in [0.29, 0.717) is 23.1 Å². The molecule has 2 atom stereocenters. The van der Waals surface area contributed by atoms with Gasteiger partial charge in [0, 0.05) is 12.7 Å². The molecule has 2 aliphatic heterocycles. The molecule has 0 saturated carbocycles. The predicted octanol–water partition coefficient (Wildman–Crippen LogP) is 3.73. The van der Waals surface area contributed by atoms with Gasteiger partial charge in [0.05, 0.1) is 22.8 Å². The Morgan fingerprint density at radius 1 is 1.20 bits per heavy atom. The van der Waals surface area contributed by atoms with Crippen LogP contribution in [0.2, 0.25) is 0 Å². The van der Waals surface area contributed by atoms with Crippen molar-refractivity contribution in [3.8, 4) is 0 Å². The zero-order chi connectivity index (χ0) is 26.6. The summed E-state index contributed by atoms with van der Waals surface area (Å²) in [5.41, 5.74) is 0.285. The number of sulfonamides is 1. The van der Waals surface area contributed by atoms with Crippen LogP contribution in [0.5, 0.6) is 0 Å². The van der Waals surface area contributed by atoms with Gasteiger partial charge >= 0.3 is 0 Å². The van der Waals surface area contributed by atoms with Crippen molar-refractivity contribution in [3.05, 3.63) is 35.1 Å². The first-order chi connectivity index (χ1) is 15.9. The van der Waals surface area contributed by atoms with Crippen molar-refractivity contribution in [1.29, 1.82) is 0 Å². The highest BCUT2D eigenvalue weighted by Crippen LogP contribution is 2.51.